The van der Waals surface area contributed by atoms with Crippen LogP contribution in [0.4, 0.5) is 5.69 Å². The van der Waals surface area contributed by atoms with Crippen LogP contribution in [-0.2, 0) is 9.84 Å². The van der Waals surface area contributed by atoms with Gasteiger partial charge in [0, 0.05) is 40.2 Å². The Morgan fingerprint density at radius 2 is 1.56 bits per heavy atom. The fourth-order valence-electron chi connectivity index (χ4n) is 2.05. The van der Waals surface area contributed by atoms with Crippen molar-refractivity contribution in [2.45, 2.75) is 9.79 Å². The second-order valence-corrected chi connectivity index (χ2v) is 7.51. The van der Waals surface area contributed by atoms with E-state index in [0.717, 1.165) is 12.1 Å². The summed E-state index contributed by atoms with van der Waals surface area (Å²) < 4.78 is 30.9. The Morgan fingerprint density at radius 3 is 2.00 bits per heavy atom. The molecule has 128 valence electrons. The lowest BCUT2D eigenvalue weighted by Crippen LogP contribution is -2.33. The molecule has 11 heteroatoms. The molecule has 0 saturated carbocycles. The predicted molar refractivity (Wildman–Crippen MR) is 83.7 cm³/mol. The summed E-state index contributed by atoms with van der Waals surface area (Å²) in [6, 6.07) is 10.2. The van der Waals surface area contributed by atoms with Gasteiger partial charge in [0.25, 0.3) is 5.69 Å². The molecule has 0 fully saturated rings. The molecule has 3 aromatic rings. The molecule has 1 heterocycles. The average molecular weight is 426 g/mol. The summed E-state index contributed by atoms with van der Waals surface area (Å²) in [4.78, 5) is 9.97. The van der Waals surface area contributed by atoms with E-state index >= 15 is 0 Å². The van der Waals surface area contributed by atoms with E-state index in [1.54, 1.807) is 0 Å². The van der Waals surface area contributed by atoms with Crippen LogP contribution >= 0.6 is 15.9 Å². The smallest absolute Gasteiger partial charge is 0.305 e. The minimum absolute atomic E-state index is 0.00679. The molecule has 25 heavy (non-hydrogen) atoms. The van der Waals surface area contributed by atoms with Crippen LogP contribution < -0.4 is 9.79 Å². The number of non-ortho nitro benzene ring substituents is 1. The minimum atomic E-state index is -3.83. The molecule has 0 bridgehead atoms. The Morgan fingerprint density at radius 1 is 1.04 bits per heavy atom. The summed E-state index contributed by atoms with van der Waals surface area (Å²) in [6.45, 7) is 0. The monoisotopic (exact) mass is 425 g/mol. The molecule has 0 unspecified atom stereocenters. The van der Waals surface area contributed by atoms with Gasteiger partial charge in [-0.2, -0.15) is 0 Å². The van der Waals surface area contributed by atoms with Crippen LogP contribution in [0.2, 0.25) is 0 Å². The van der Waals surface area contributed by atoms with Gasteiger partial charge in [-0.3, -0.25) is 10.1 Å². The largest absolute Gasteiger partial charge is 0.538 e. The number of nitro benzene ring substituents is 1. The van der Waals surface area contributed by atoms with Crippen molar-refractivity contribution in [2.24, 2.45) is 0 Å². The molecule has 0 aliphatic heterocycles. The highest BCUT2D eigenvalue weighted by atomic mass is 79.9. The Kier molecular flexibility index (Phi) is 4.27. The third kappa shape index (κ3) is 3.10. The van der Waals surface area contributed by atoms with E-state index in [1.165, 1.54) is 41.1 Å². The Labute approximate surface area is 149 Å². The highest BCUT2D eigenvalue weighted by Crippen LogP contribution is 2.24. The molecule has 0 amide bonds. The maximum Gasteiger partial charge on any atom is 0.305 e. The summed E-state index contributed by atoms with van der Waals surface area (Å²) in [5.41, 5.74) is 0.218. The van der Waals surface area contributed by atoms with Crippen molar-refractivity contribution in [2.75, 3.05) is 0 Å². The van der Waals surface area contributed by atoms with E-state index in [0.29, 0.717) is 5.69 Å². The molecule has 9 nitrogen and oxygen atoms in total. The number of hydrogen-bond donors (Lipinski definition) is 0. The lowest BCUT2D eigenvalue weighted by molar-refractivity contribution is -0.680. The van der Waals surface area contributed by atoms with Gasteiger partial charge in [0.15, 0.2) is 5.95 Å². The first-order valence-electron chi connectivity index (χ1n) is 6.65. The van der Waals surface area contributed by atoms with Crippen LogP contribution in [0.25, 0.3) is 5.69 Å². The van der Waals surface area contributed by atoms with Crippen LogP contribution in [0.1, 0.15) is 0 Å². The van der Waals surface area contributed by atoms with Gasteiger partial charge in [-0.05, 0) is 28.9 Å². The number of sulfone groups is 1. The topological polar surface area (TPSA) is 130 Å². The molecule has 0 aliphatic carbocycles. The van der Waals surface area contributed by atoms with Crippen molar-refractivity contribution in [3.05, 3.63) is 63.2 Å². The first kappa shape index (κ1) is 17.0. The summed E-state index contributed by atoms with van der Waals surface area (Å²) in [6.07, 6.45) is 0. The van der Waals surface area contributed by atoms with Crippen LogP contribution in [0.3, 0.4) is 0 Å². The summed E-state index contributed by atoms with van der Waals surface area (Å²) in [5.74, 6) is -0.664. The number of benzene rings is 2. The fourth-order valence-corrected chi connectivity index (χ4v) is 3.65. The predicted octanol–water partition coefficient (Wildman–Crippen LogP) is 1.53. The number of hydrogen-bond acceptors (Lipinski definition) is 7. The molecular formula is C14H8BrN3O6S. The second-order valence-electron chi connectivity index (χ2n) is 4.81. The van der Waals surface area contributed by atoms with E-state index in [-0.39, 0.29) is 20.1 Å². The van der Waals surface area contributed by atoms with Gasteiger partial charge in [-0.1, -0.05) is 0 Å². The molecular weight excluding hydrogens is 418 g/mol. The molecule has 0 aliphatic rings. The van der Waals surface area contributed by atoms with Gasteiger partial charge in [0.05, 0.1) is 20.0 Å². The summed E-state index contributed by atoms with van der Waals surface area (Å²) in [5, 5.41) is 25.4. The van der Waals surface area contributed by atoms with E-state index in [4.69, 9.17) is 0 Å². The SMILES string of the molecule is O=[N+]([O-])c1ccc(S(=O)(=O)c2ccc(-[n+]3noc([O-])c3Br)cc2)cc1. The molecule has 0 atom stereocenters. The van der Waals surface area contributed by atoms with Gasteiger partial charge in [-0.25, -0.2) is 8.42 Å². The maximum absolute atomic E-state index is 12.6. The van der Waals surface area contributed by atoms with E-state index in [2.05, 4.69) is 25.7 Å². The first-order valence-corrected chi connectivity index (χ1v) is 8.93. The maximum atomic E-state index is 12.6. The van der Waals surface area contributed by atoms with Crippen molar-refractivity contribution in [3.63, 3.8) is 0 Å². The second kappa shape index (κ2) is 6.26. The molecule has 0 spiro atoms. The van der Waals surface area contributed by atoms with Crippen molar-refractivity contribution in [3.8, 4) is 11.6 Å². The molecule has 0 N–H and O–H groups in total. The fraction of sp³-hybridized carbons (Fsp3) is 0. The Hall–Kier alpha value is -2.79. The molecule has 1 aromatic heterocycles. The van der Waals surface area contributed by atoms with Crippen LogP contribution in [-0.4, -0.2) is 18.6 Å². The van der Waals surface area contributed by atoms with Crippen molar-refractivity contribution < 1.29 is 27.7 Å². The van der Waals surface area contributed by atoms with Crippen LogP contribution in [0, 0.1) is 10.1 Å². The van der Waals surface area contributed by atoms with Crippen LogP contribution in [0.5, 0.6) is 5.95 Å². The Bertz CT molecular complexity index is 1050. The van der Waals surface area contributed by atoms with Crippen molar-refractivity contribution in [1.82, 2.24) is 5.27 Å². The Balaban J connectivity index is 1.95. The number of nitro groups is 1. The zero-order valence-corrected chi connectivity index (χ0v) is 14.6. The standard InChI is InChI=1S/C14H8BrN3O6S/c15-13-14(19)24-16-17(13)9-1-5-11(6-2-9)25(22,23)12-7-3-10(4-8-12)18(20)21/h1-8H. The molecule has 0 radical (unpaired) electrons. The van der Waals surface area contributed by atoms with Crippen LogP contribution in [0.15, 0.2) is 67.4 Å². The zero-order chi connectivity index (χ0) is 18.2. The van der Waals surface area contributed by atoms with Gasteiger partial charge in [0.1, 0.15) is 0 Å². The highest BCUT2D eigenvalue weighted by Gasteiger charge is 2.22. The van der Waals surface area contributed by atoms with Gasteiger partial charge >= 0.3 is 4.60 Å². The third-order valence-electron chi connectivity index (χ3n) is 3.31. The highest BCUT2D eigenvalue weighted by molar-refractivity contribution is 9.10. The molecule has 3 rings (SSSR count). The number of aromatic nitrogens is 2. The number of nitrogens with zero attached hydrogens (tertiary/aromatic N) is 3. The lowest BCUT2D eigenvalue weighted by atomic mass is 10.3. The van der Waals surface area contributed by atoms with Crippen molar-refractivity contribution >= 4 is 31.5 Å². The molecule has 2 aromatic carbocycles. The quantitative estimate of drug-likeness (QED) is 0.351. The average Bonchev–Trinajstić information content (AvgIpc) is 2.94. The van der Waals surface area contributed by atoms with Crippen molar-refractivity contribution in [1.29, 1.82) is 0 Å². The third-order valence-corrected chi connectivity index (χ3v) is 5.75. The summed E-state index contributed by atoms with van der Waals surface area (Å²) >= 11 is 3.02. The van der Waals surface area contributed by atoms with Gasteiger partial charge in [-0.15, -0.1) is 0 Å². The van der Waals surface area contributed by atoms with Gasteiger partial charge in [0.2, 0.25) is 15.5 Å². The normalized spacial score (nSPS) is 11.4. The molecule has 0 saturated heterocycles. The first-order chi connectivity index (χ1) is 11.8. The van der Waals surface area contributed by atoms with Gasteiger partial charge < -0.3 is 9.63 Å². The van der Waals surface area contributed by atoms with E-state index in [9.17, 15) is 23.6 Å². The minimum Gasteiger partial charge on any atom is -0.538 e. The van der Waals surface area contributed by atoms with E-state index in [1.807, 2.05) is 0 Å². The van der Waals surface area contributed by atoms with E-state index < -0.39 is 20.7 Å². The zero-order valence-electron chi connectivity index (χ0n) is 12.2. The number of halogens is 1. The number of rotatable bonds is 4. The summed E-state index contributed by atoms with van der Waals surface area (Å²) in [7, 11) is -3.83. The lowest BCUT2D eigenvalue weighted by Gasteiger charge is -2.04.